The first-order valence-corrected chi connectivity index (χ1v) is 11.1. The van der Waals surface area contributed by atoms with Gasteiger partial charge in [0.05, 0.1) is 10.0 Å². The van der Waals surface area contributed by atoms with Crippen molar-refractivity contribution in [3.63, 3.8) is 0 Å². The van der Waals surface area contributed by atoms with Crippen molar-refractivity contribution in [1.29, 1.82) is 0 Å². The maximum atomic E-state index is 12.4. The smallest absolute Gasteiger partial charge is 0.323 e. The molecule has 26 heavy (non-hydrogen) atoms. The third-order valence-corrected chi connectivity index (χ3v) is 7.76. The highest BCUT2D eigenvalue weighted by Gasteiger charge is 2.26. The number of piperidine rings is 1. The summed E-state index contributed by atoms with van der Waals surface area (Å²) in [6.07, 6.45) is 1.56. The third-order valence-electron chi connectivity index (χ3n) is 4.23. The molecule has 11 heteroatoms. The first kappa shape index (κ1) is 19.8. The number of halogens is 2. The largest absolute Gasteiger partial charge is 0.610 e. The highest BCUT2D eigenvalue weighted by Crippen LogP contribution is 2.30. The number of anilines is 1. The van der Waals surface area contributed by atoms with Gasteiger partial charge in [-0.25, -0.2) is 0 Å². The summed E-state index contributed by atoms with van der Waals surface area (Å²) in [5, 5.41) is 12.6. The van der Waals surface area contributed by atoms with Gasteiger partial charge in [-0.2, -0.15) is 0 Å². The maximum absolute atomic E-state index is 12.4. The van der Waals surface area contributed by atoms with Crippen molar-refractivity contribution in [3.05, 3.63) is 21.4 Å². The monoisotopic (exact) mass is 435 g/mol. The van der Waals surface area contributed by atoms with Gasteiger partial charge in [0.2, 0.25) is 5.13 Å². The molecule has 3 rings (SSSR count). The summed E-state index contributed by atoms with van der Waals surface area (Å²) in [7, 11) is 0. The maximum Gasteiger partial charge on any atom is 0.323 e. The summed E-state index contributed by atoms with van der Waals surface area (Å²) in [4.78, 5) is 17.4. The average molecular weight is 436 g/mol. The Morgan fingerprint density at radius 3 is 2.65 bits per heavy atom. The van der Waals surface area contributed by atoms with E-state index in [0.29, 0.717) is 26.5 Å². The van der Waals surface area contributed by atoms with E-state index >= 15 is 0 Å². The number of carbonyl (C=O) groups excluding carboxylic acids is 1. The van der Waals surface area contributed by atoms with Crippen molar-refractivity contribution in [2.75, 3.05) is 23.7 Å². The lowest BCUT2D eigenvalue weighted by atomic mass is 10.1. The Bertz CT molecular complexity index is 789. The van der Waals surface area contributed by atoms with Crippen LogP contribution in [0.1, 0.15) is 35.9 Å². The standard InChI is InChI=1S/C15H19Cl2N5O2S2/c1-3-26(24)15-21-20-14(25-15)22-6-4-9(5-7-22)19-13(23)12-11(17)10(16)8(2)18-12/h9,18H,3-7H2,1-2H3,(H,19,23). The van der Waals surface area contributed by atoms with Crippen LogP contribution in [-0.2, 0) is 11.2 Å². The van der Waals surface area contributed by atoms with Crippen molar-refractivity contribution < 1.29 is 9.35 Å². The van der Waals surface area contributed by atoms with Crippen LogP contribution in [0.3, 0.4) is 0 Å². The van der Waals surface area contributed by atoms with Crippen LogP contribution in [0.15, 0.2) is 4.34 Å². The van der Waals surface area contributed by atoms with Gasteiger partial charge >= 0.3 is 4.34 Å². The number of H-pyrrole nitrogens is 1. The molecule has 0 saturated carbocycles. The van der Waals surface area contributed by atoms with Gasteiger partial charge in [-0.1, -0.05) is 28.3 Å². The van der Waals surface area contributed by atoms with Gasteiger partial charge in [-0.15, -0.1) is 5.10 Å². The highest BCUT2D eigenvalue weighted by atomic mass is 35.5. The number of amides is 1. The number of aromatic nitrogens is 3. The summed E-state index contributed by atoms with van der Waals surface area (Å²) in [5.74, 6) is 0.285. The van der Waals surface area contributed by atoms with Crippen LogP contribution in [0, 0.1) is 6.92 Å². The molecule has 1 amide bonds. The average Bonchev–Trinajstić information content (AvgIpc) is 3.23. The minimum atomic E-state index is -1.08. The van der Waals surface area contributed by atoms with Crippen molar-refractivity contribution in [1.82, 2.24) is 20.5 Å². The summed E-state index contributed by atoms with van der Waals surface area (Å²) < 4.78 is 12.4. The second-order valence-electron chi connectivity index (χ2n) is 5.97. The number of hydrogen-bond donors (Lipinski definition) is 2. The molecule has 1 unspecified atom stereocenters. The van der Waals surface area contributed by atoms with E-state index in [9.17, 15) is 9.35 Å². The van der Waals surface area contributed by atoms with Crippen molar-refractivity contribution in [2.45, 2.75) is 37.1 Å². The summed E-state index contributed by atoms with van der Waals surface area (Å²) in [6.45, 7) is 5.12. The van der Waals surface area contributed by atoms with Crippen molar-refractivity contribution in [2.24, 2.45) is 0 Å². The van der Waals surface area contributed by atoms with E-state index in [2.05, 4.69) is 25.4 Å². The molecule has 2 aromatic rings. The molecular weight excluding hydrogens is 417 g/mol. The molecule has 3 heterocycles. The van der Waals surface area contributed by atoms with E-state index in [1.165, 1.54) is 11.3 Å². The van der Waals surface area contributed by atoms with Gasteiger partial charge in [0.25, 0.3) is 5.91 Å². The molecule has 0 radical (unpaired) electrons. The normalized spacial score (nSPS) is 16.7. The molecule has 1 saturated heterocycles. The second-order valence-corrected chi connectivity index (χ2v) is 9.60. The Morgan fingerprint density at radius 1 is 1.38 bits per heavy atom. The van der Waals surface area contributed by atoms with E-state index in [-0.39, 0.29) is 17.0 Å². The first-order valence-electron chi connectivity index (χ1n) is 8.22. The molecule has 1 aliphatic heterocycles. The minimum Gasteiger partial charge on any atom is -0.610 e. The van der Waals surface area contributed by atoms with Crippen LogP contribution in [0.4, 0.5) is 5.13 Å². The molecular formula is C15H19Cl2N5O2S2. The fourth-order valence-electron chi connectivity index (χ4n) is 2.75. The molecule has 1 aliphatic rings. The van der Waals surface area contributed by atoms with E-state index in [4.69, 9.17) is 23.2 Å². The number of aromatic amines is 1. The minimum absolute atomic E-state index is 0.0503. The van der Waals surface area contributed by atoms with E-state index < -0.39 is 11.2 Å². The molecule has 0 aliphatic carbocycles. The number of hydrogen-bond acceptors (Lipinski definition) is 6. The van der Waals surface area contributed by atoms with E-state index in [1.807, 2.05) is 6.92 Å². The van der Waals surface area contributed by atoms with Crippen molar-refractivity contribution >= 4 is 56.8 Å². The Kier molecular flexibility index (Phi) is 6.34. The van der Waals surface area contributed by atoms with Gasteiger partial charge in [0.15, 0.2) is 0 Å². The number of aryl methyl sites for hydroxylation is 1. The Hall–Kier alpha value is -1.000. The molecule has 0 bridgehead atoms. The zero-order valence-corrected chi connectivity index (χ0v) is 17.5. The van der Waals surface area contributed by atoms with Crippen molar-refractivity contribution in [3.8, 4) is 0 Å². The van der Waals surface area contributed by atoms with Gasteiger partial charge in [0, 0.05) is 36.0 Å². The van der Waals surface area contributed by atoms with Crippen LogP contribution >= 0.6 is 34.5 Å². The molecule has 1 fully saturated rings. The zero-order chi connectivity index (χ0) is 18.8. The van der Waals surface area contributed by atoms with Gasteiger partial charge in [-0.05, 0) is 38.0 Å². The highest BCUT2D eigenvalue weighted by molar-refractivity contribution is 7.93. The zero-order valence-electron chi connectivity index (χ0n) is 14.3. The SMILES string of the molecule is CC[S+]([O-])c1nnc(N2CCC(NC(=O)c3[nH]c(C)c(Cl)c3Cl)CC2)s1. The Balaban J connectivity index is 1.56. The quantitative estimate of drug-likeness (QED) is 0.703. The first-order chi connectivity index (χ1) is 12.4. The van der Waals surface area contributed by atoms with Crippen LogP contribution in [-0.4, -0.2) is 50.5 Å². The topological polar surface area (TPSA) is 97.0 Å². The fraction of sp³-hybridized carbons (Fsp3) is 0.533. The number of rotatable bonds is 5. The third kappa shape index (κ3) is 4.12. The van der Waals surface area contributed by atoms with Gasteiger partial charge < -0.3 is 19.8 Å². The predicted octanol–water partition coefficient (Wildman–Crippen LogP) is 3.01. The van der Waals surface area contributed by atoms with Crippen LogP contribution in [0.25, 0.3) is 0 Å². The summed E-state index contributed by atoms with van der Waals surface area (Å²) in [5.41, 5.74) is 0.973. The van der Waals surface area contributed by atoms with E-state index in [0.717, 1.165) is 31.1 Å². The lowest BCUT2D eigenvalue weighted by Gasteiger charge is -2.31. The predicted molar refractivity (Wildman–Crippen MR) is 105 cm³/mol. The Morgan fingerprint density at radius 2 is 2.08 bits per heavy atom. The molecule has 0 aromatic carbocycles. The summed E-state index contributed by atoms with van der Waals surface area (Å²) >= 11 is 12.4. The lowest BCUT2D eigenvalue weighted by molar-refractivity contribution is 0.0926. The number of nitrogens with one attached hydrogen (secondary N) is 2. The lowest BCUT2D eigenvalue weighted by Crippen LogP contribution is -2.44. The molecule has 0 spiro atoms. The van der Waals surface area contributed by atoms with E-state index in [1.54, 1.807) is 6.92 Å². The number of nitrogens with zero attached hydrogens (tertiary/aromatic N) is 3. The second kappa shape index (κ2) is 8.35. The van der Waals surface area contributed by atoms with Gasteiger partial charge in [0.1, 0.15) is 11.4 Å². The molecule has 2 aromatic heterocycles. The molecule has 2 N–H and O–H groups in total. The van der Waals surface area contributed by atoms with Crippen LogP contribution in [0.2, 0.25) is 10.0 Å². The van der Waals surface area contributed by atoms with Gasteiger partial charge in [-0.3, -0.25) is 4.79 Å². The molecule has 1 atom stereocenters. The van der Waals surface area contributed by atoms with Crippen LogP contribution < -0.4 is 10.2 Å². The molecule has 7 nitrogen and oxygen atoms in total. The fourth-order valence-corrected chi connectivity index (χ4v) is 5.12. The molecule has 142 valence electrons. The number of carbonyl (C=O) groups is 1. The van der Waals surface area contributed by atoms with Crippen LogP contribution in [0.5, 0.6) is 0 Å². The Labute approximate surface area is 168 Å². The summed E-state index contributed by atoms with van der Waals surface area (Å²) in [6, 6.07) is 0.0503.